The molecule has 0 unspecified atom stereocenters. The molecule has 34 heavy (non-hydrogen) atoms. The average molecular weight is 494 g/mol. The van der Waals surface area contributed by atoms with Crippen LogP contribution in [0.2, 0.25) is 0 Å². The number of hydrogen-bond donors (Lipinski definition) is 0. The van der Waals surface area contributed by atoms with Gasteiger partial charge in [0.05, 0.1) is 18.7 Å². The summed E-state index contributed by atoms with van der Waals surface area (Å²) in [7, 11) is 1.30. The number of amides is 1. The van der Waals surface area contributed by atoms with Gasteiger partial charge in [0.25, 0.3) is 0 Å². The summed E-state index contributed by atoms with van der Waals surface area (Å²) in [5.41, 5.74) is -2.40. The van der Waals surface area contributed by atoms with E-state index in [9.17, 15) is 22.8 Å². The number of thioether (sulfide) groups is 1. The van der Waals surface area contributed by atoms with E-state index >= 15 is 0 Å². The van der Waals surface area contributed by atoms with Gasteiger partial charge >= 0.3 is 17.6 Å². The Morgan fingerprint density at radius 2 is 1.74 bits per heavy atom. The summed E-state index contributed by atoms with van der Waals surface area (Å²) in [6.45, 7) is 0.542. The fourth-order valence-corrected chi connectivity index (χ4v) is 6.21. The minimum absolute atomic E-state index is 0.0721. The van der Waals surface area contributed by atoms with E-state index < -0.39 is 22.8 Å². The van der Waals surface area contributed by atoms with Gasteiger partial charge in [-0.15, -0.1) is 0 Å². The number of rotatable bonds is 5. The number of halogens is 3. The van der Waals surface area contributed by atoms with Crippen LogP contribution in [0.3, 0.4) is 0 Å². The third-order valence-corrected chi connectivity index (χ3v) is 7.60. The highest BCUT2D eigenvalue weighted by Gasteiger charge is 2.52. The number of nitrogens with zero attached hydrogens (tertiary/aromatic N) is 1. The Bertz CT molecular complexity index is 1010. The summed E-state index contributed by atoms with van der Waals surface area (Å²) >= 11 is 0.0721. The maximum absolute atomic E-state index is 13.0. The highest BCUT2D eigenvalue weighted by molar-refractivity contribution is 8.00. The Morgan fingerprint density at radius 3 is 2.35 bits per heavy atom. The first-order chi connectivity index (χ1) is 16.2. The molecule has 182 valence electrons. The summed E-state index contributed by atoms with van der Waals surface area (Å²) in [4.78, 5) is 26.5. The minimum atomic E-state index is -4.24. The van der Waals surface area contributed by atoms with E-state index in [0.717, 1.165) is 11.1 Å². The molecular weight excluding hydrogens is 467 g/mol. The summed E-state index contributed by atoms with van der Waals surface area (Å²) in [5, 5.41) is -0.445. The van der Waals surface area contributed by atoms with Crippen LogP contribution in [0.25, 0.3) is 0 Å². The molecule has 0 N–H and O–H groups in total. The van der Waals surface area contributed by atoms with Crippen molar-refractivity contribution in [3.63, 3.8) is 0 Å². The van der Waals surface area contributed by atoms with Crippen LogP contribution in [0.15, 0.2) is 54.6 Å². The Kier molecular flexibility index (Phi) is 7.12. The second kappa shape index (κ2) is 9.90. The van der Waals surface area contributed by atoms with Gasteiger partial charge in [-0.1, -0.05) is 42.5 Å². The van der Waals surface area contributed by atoms with Gasteiger partial charge in [0.2, 0.25) is 0 Å². The molecule has 2 aliphatic rings. The third kappa shape index (κ3) is 5.68. The normalized spacial score (nSPS) is 24.4. The van der Waals surface area contributed by atoms with Gasteiger partial charge in [-0.3, -0.25) is 0 Å². The zero-order valence-corrected chi connectivity index (χ0v) is 19.5. The van der Waals surface area contributed by atoms with Gasteiger partial charge in [-0.05, 0) is 66.1 Å². The van der Waals surface area contributed by atoms with Gasteiger partial charge in [0, 0.05) is 11.8 Å². The molecule has 0 radical (unpaired) electrons. The summed E-state index contributed by atoms with van der Waals surface area (Å²) < 4.78 is 48.7. The van der Waals surface area contributed by atoms with E-state index in [1.165, 1.54) is 7.11 Å². The number of hydrogen-bond acceptors (Lipinski definition) is 5. The van der Waals surface area contributed by atoms with Crippen LogP contribution in [0.5, 0.6) is 0 Å². The van der Waals surface area contributed by atoms with Gasteiger partial charge in [-0.2, -0.15) is 13.2 Å². The third-order valence-electron chi connectivity index (χ3n) is 6.66. The molecule has 1 aliphatic heterocycles. The lowest BCUT2D eigenvalue weighted by atomic mass is 9.60. The predicted octanol–water partition coefficient (Wildman–Crippen LogP) is 6.35. The summed E-state index contributed by atoms with van der Waals surface area (Å²) in [6, 6.07) is 15.8. The quantitative estimate of drug-likeness (QED) is 0.455. The molecule has 9 heteroatoms. The number of carbonyl (C=O) groups is 2. The van der Waals surface area contributed by atoms with Crippen molar-refractivity contribution in [2.45, 2.75) is 49.1 Å². The zero-order valence-electron chi connectivity index (χ0n) is 18.7. The van der Waals surface area contributed by atoms with Gasteiger partial charge < -0.3 is 14.4 Å². The number of piperidine rings is 1. The lowest BCUT2D eigenvalue weighted by molar-refractivity contribution is -0.0386. The van der Waals surface area contributed by atoms with Crippen molar-refractivity contribution >= 4 is 23.8 Å². The molecule has 5 nitrogen and oxygen atoms in total. The maximum Gasteiger partial charge on any atom is 0.442 e. The molecule has 1 atom stereocenters. The molecule has 4 rings (SSSR count). The molecule has 1 heterocycles. The predicted molar refractivity (Wildman–Crippen MR) is 122 cm³/mol. The Morgan fingerprint density at radius 1 is 1.06 bits per heavy atom. The van der Waals surface area contributed by atoms with Crippen LogP contribution in [0.4, 0.5) is 18.0 Å². The maximum atomic E-state index is 13.0. The number of alkyl halides is 3. The lowest BCUT2D eigenvalue weighted by Gasteiger charge is -2.54. The van der Waals surface area contributed by atoms with Crippen LogP contribution < -0.4 is 0 Å². The molecule has 1 saturated carbocycles. The second-order valence-corrected chi connectivity index (χ2v) is 10.3. The standard InChI is InChI=1S/C25H26F3NO4S/c1-32-22(30)19-9-7-18(8-10-19)21-15-24(13-20(14-24)34-25(26,27)28)11-12-29(21)23(31)33-16-17-5-3-2-4-6-17/h2-10,20-21H,11-16H2,1H3/t20?,21-,24?/m0/s1. The average Bonchev–Trinajstić information content (AvgIpc) is 2.81. The van der Waals surface area contributed by atoms with Crippen molar-refractivity contribution in [1.82, 2.24) is 4.90 Å². The van der Waals surface area contributed by atoms with E-state index in [4.69, 9.17) is 9.47 Å². The van der Waals surface area contributed by atoms with Crippen LogP contribution in [-0.4, -0.2) is 41.4 Å². The van der Waals surface area contributed by atoms with Gasteiger partial charge in [0.15, 0.2) is 0 Å². The molecule has 1 amide bonds. The van der Waals surface area contributed by atoms with Crippen LogP contribution in [0.1, 0.15) is 53.2 Å². The van der Waals surface area contributed by atoms with E-state index in [1.807, 2.05) is 30.3 Å². The Labute approximate surface area is 200 Å². The van der Waals surface area contributed by atoms with E-state index in [1.54, 1.807) is 29.2 Å². The molecule has 2 aromatic carbocycles. The van der Waals surface area contributed by atoms with E-state index in [0.29, 0.717) is 37.8 Å². The lowest BCUT2D eigenvalue weighted by Crippen LogP contribution is -2.51. The summed E-state index contributed by atoms with van der Waals surface area (Å²) in [6.07, 6.45) is 1.68. The first-order valence-corrected chi connectivity index (χ1v) is 12.0. The highest BCUT2D eigenvalue weighted by Crippen LogP contribution is 2.59. The topological polar surface area (TPSA) is 55.8 Å². The molecule has 2 aromatic rings. The smallest absolute Gasteiger partial charge is 0.442 e. The van der Waals surface area contributed by atoms with Crippen molar-refractivity contribution < 1.29 is 32.2 Å². The number of ether oxygens (including phenoxy) is 2. The number of likely N-dealkylation sites (tertiary alicyclic amines) is 1. The van der Waals surface area contributed by atoms with Gasteiger partial charge in [0.1, 0.15) is 6.61 Å². The monoisotopic (exact) mass is 493 g/mol. The van der Waals surface area contributed by atoms with Crippen LogP contribution >= 0.6 is 11.8 Å². The molecule has 0 aromatic heterocycles. The van der Waals surface area contributed by atoms with Crippen molar-refractivity contribution in [3.05, 3.63) is 71.3 Å². The molecular formula is C25H26F3NO4S. The SMILES string of the molecule is COC(=O)c1ccc([C@@H]2CC3(CCN2C(=O)OCc2ccccc2)CC(SC(F)(F)F)C3)cc1. The Balaban J connectivity index is 1.50. The Hall–Kier alpha value is -2.68. The zero-order chi connectivity index (χ0) is 24.3. The molecule has 2 fully saturated rings. The van der Waals surface area contributed by atoms with Crippen molar-refractivity contribution in [2.75, 3.05) is 13.7 Å². The number of esters is 1. The van der Waals surface area contributed by atoms with Crippen molar-refractivity contribution in [1.29, 1.82) is 0 Å². The minimum Gasteiger partial charge on any atom is -0.465 e. The van der Waals surface area contributed by atoms with Crippen molar-refractivity contribution in [2.24, 2.45) is 5.41 Å². The van der Waals surface area contributed by atoms with Crippen molar-refractivity contribution in [3.8, 4) is 0 Å². The number of benzene rings is 2. The molecule has 1 saturated heterocycles. The van der Waals surface area contributed by atoms with Gasteiger partial charge in [-0.25, -0.2) is 9.59 Å². The number of carbonyl (C=O) groups excluding carboxylic acids is 2. The van der Waals surface area contributed by atoms with Crippen LogP contribution in [0, 0.1) is 5.41 Å². The highest BCUT2D eigenvalue weighted by atomic mass is 32.2. The molecule has 1 spiro atoms. The molecule has 1 aliphatic carbocycles. The van der Waals surface area contributed by atoms with Crippen LogP contribution in [-0.2, 0) is 16.1 Å². The number of methoxy groups -OCH3 is 1. The largest absolute Gasteiger partial charge is 0.465 e. The summed E-state index contributed by atoms with van der Waals surface area (Å²) in [5.74, 6) is -0.461. The first kappa shape index (κ1) is 24.4. The van der Waals surface area contributed by atoms with E-state index in [2.05, 4.69) is 0 Å². The second-order valence-electron chi connectivity index (χ2n) is 8.91. The van der Waals surface area contributed by atoms with E-state index in [-0.39, 0.29) is 29.8 Å². The fraction of sp³-hybridized carbons (Fsp3) is 0.440. The fourth-order valence-electron chi connectivity index (χ4n) is 4.96. The first-order valence-electron chi connectivity index (χ1n) is 11.1. The molecule has 0 bridgehead atoms.